The van der Waals surface area contributed by atoms with Crippen molar-refractivity contribution in [3.63, 3.8) is 0 Å². The summed E-state index contributed by atoms with van der Waals surface area (Å²) in [6.45, 7) is 10.9. The maximum atomic E-state index is 12.3. The van der Waals surface area contributed by atoms with Gasteiger partial charge in [-0.1, -0.05) is 6.92 Å². The average molecular weight is 318 g/mol. The molecule has 1 fully saturated rings. The number of hydrogen-bond donors (Lipinski definition) is 1. The summed E-state index contributed by atoms with van der Waals surface area (Å²) in [6.07, 6.45) is 1.69. The lowest BCUT2D eigenvalue weighted by Gasteiger charge is -2.37. The first kappa shape index (κ1) is 18.6. The number of rotatable bonds is 8. The standard InChI is InChI=1S/C15H30N2O3S/c1-5-7-16-15(4,14(18)20-6-2)12-13(3)17-8-10-21(19)11-9-17/h13,16H,5-12H2,1-4H3. The average Bonchev–Trinajstić information content (AvgIpc) is 2.46. The van der Waals surface area contributed by atoms with Crippen molar-refractivity contribution in [1.29, 1.82) is 0 Å². The molecule has 1 aliphatic rings. The van der Waals surface area contributed by atoms with Gasteiger partial charge in [-0.15, -0.1) is 0 Å². The highest BCUT2D eigenvalue weighted by atomic mass is 32.2. The fraction of sp³-hybridized carbons (Fsp3) is 0.933. The van der Waals surface area contributed by atoms with E-state index >= 15 is 0 Å². The second-order valence-electron chi connectivity index (χ2n) is 5.92. The molecule has 0 aromatic carbocycles. The molecule has 0 radical (unpaired) electrons. The Kier molecular flexibility index (Phi) is 7.84. The van der Waals surface area contributed by atoms with Crippen LogP contribution in [0.25, 0.3) is 0 Å². The normalized spacial score (nSPS) is 21.7. The van der Waals surface area contributed by atoms with E-state index < -0.39 is 16.3 Å². The van der Waals surface area contributed by atoms with Crippen LogP contribution in [-0.4, -0.2) is 64.4 Å². The Morgan fingerprint density at radius 3 is 2.52 bits per heavy atom. The first-order valence-corrected chi connectivity index (χ1v) is 9.43. The molecule has 0 spiro atoms. The summed E-state index contributed by atoms with van der Waals surface area (Å²) < 4.78 is 16.7. The van der Waals surface area contributed by atoms with Crippen molar-refractivity contribution in [1.82, 2.24) is 10.2 Å². The molecule has 0 aliphatic carbocycles. The van der Waals surface area contributed by atoms with E-state index in [0.717, 1.165) is 37.6 Å². The zero-order valence-electron chi connectivity index (χ0n) is 13.8. The molecule has 1 saturated heterocycles. The molecule has 1 N–H and O–H groups in total. The SMILES string of the molecule is CCCNC(C)(CC(C)N1CCS(=O)CC1)C(=O)OCC. The molecule has 1 rings (SSSR count). The van der Waals surface area contributed by atoms with Crippen LogP contribution in [0.4, 0.5) is 0 Å². The molecular formula is C15H30N2O3S. The second kappa shape index (κ2) is 8.86. The molecule has 1 aliphatic heterocycles. The Hall–Kier alpha value is -0.460. The van der Waals surface area contributed by atoms with E-state index in [2.05, 4.69) is 24.1 Å². The van der Waals surface area contributed by atoms with E-state index in [0.29, 0.717) is 13.0 Å². The van der Waals surface area contributed by atoms with Gasteiger partial charge in [0, 0.05) is 41.4 Å². The quantitative estimate of drug-likeness (QED) is 0.680. The van der Waals surface area contributed by atoms with Crippen molar-refractivity contribution in [2.24, 2.45) is 0 Å². The first-order valence-electron chi connectivity index (χ1n) is 7.94. The number of carbonyl (C=O) groups is 1. The van der Waals surface area contributed by atoms with Crippen LogP contribution in [0.5, 0.6) is 0 Å². The summed E-state index contributed by atoms with van der Waals surface area (Å²) in [5, 5.41) is 3.35. The number of carbonyl (C=O) groups excluding carboxylic acids is 1. The molecule has 2 unspecified atom stereocenters. The number of nitrogens with zero attached hydrogens (tertiary/aromatic N) is 1. The summed E-state index contributed by atoms with van der Waals surface area (Å²) in [5.41, 5.74) is -0.651. The van der Waals surface area contributed by atoms with Crippen LogP contribution in [0.1, 0.15) is 40.5 Å². The Morgan fingerprint density at radius 1 is 1.38 bits per heavy atom. The van der Waals surface area contributed by atoms with E-state index in [-0.39, 0.29) is 12.0 Å². The van der Waals surface area contributed by atoms with Crippen LogP contribution >= 0.6 is 0 Å². The summed E-state index contributed by atoms with van der Waals surface area (Å²) >= 11 is 0. The van der Waals surface area contributed by atoms with Crippen LogP contribution in [0.2, 0.25) is 0 Å². The summed E-state index contributed by atoms with van der Waals surface area (Å²) in [7, 11) is -0.666. The largest absolute Gasteiger partial charge is 0.465 e. The maximum Gasteiger partial charge on any atom is 0.326 e. The molecule has 1 heterocycles. The Morgan fingerprint density at radius 2 is 2.00 bits per heavy atom. The lowest BCUT2D eigenvalue weighted by molar-refractivity contribution is -0.151. The first-order chi connectivity index (χ1) is 9.92. The molecule has 0 amide bonds. The van der Waals surface area contributed by atoms with Gasteiger partial charge in [0.25, 0.3) is 0 Å². The van der Waals surface area contributed by atoms with Crippen LogP contribution in [0, 0.1) is 0 Å². The minimum atomic E-state index is -0.666. The van der Waals surface area contributed by atoms with Crippen molar-refractivity contribution in [2.75, 3.05) is 37.7 Å². The molecular weight excluding hydrogens is 288 g/mol. The smallest absolute Gasteiger partial charge is 0.326 e. The molecule has 0 aromatic heterocycles. The zero-order chi connectivity index (χ0) is 15.9. The minimum absolute atomic E-state index is 0.175. The number of esters is 1. The monoisotopic (exact) mass is 318 g/mol. The molecule has 2 atom stereocenters. The molecule has 124 valence electrons. The van der Waals surface area contributed by atoms with E-state index in [9.17, 15) is 9.00 Å². The lowest BCUT2D eigenvalue weighted by Crippen LogP contribution is -2.55. The van der Waals surface area contributed by atoms with Crippen LogP contribution in [0.3, 0.4) is 0 Å². The number of ether oxygens (including phenoxy) is 1. The summed E-state index contributed by atoms with van der Waals surface area (Å²) in [5.74, 6) is 1.30. The topological polar surface area (TPSA) is 58.6 Å². The highest BCUT2D eigenvalue weighted by Gasteiger charge is 2.37. The fourth-order valence-corrected chi connectivity index (χ4v) is 3.81. The van der Waals surface area contributed by atoms with Gasteiger partial charge >= 0.3 is 5.97 Å². The Balaban J connectivity index is 2.66. The Labute approximate surface area is 131 Å². The van der Waals surface area contributed by atoms with Crippen molar-refractivity contribution < 1.29 is 13.7 Å². The lowest BCUT2D eigenvalue weighted by atomic mass is 9.92. The molecule has 5 nitrogen and oxygen atoms in total. The van der Waals surface area contributed by atoms with Crippen molar-refractivity contribution in [3.05, 3.63) is 0 Å². The highest BCUT2D eigenvalue weighted by Crippen LogP contribution is 2.19. The van der Waals surface area contributed by atoms with Gasteiger partial charge in [-0.25, -0.2) is 0 Å². The van der Waals surface area contributed by atoms with Gasteiger partial charge in [0.05, 0.1) is 6.61 Å². The predicted octanol–water partition coefficient (Wildman–Crippen LogP) is 1.15. The van der Waals surface area contributed by atoms with Crippen LogP contribution in [-0.2, 0) is 20.3 Å². The van der Waals surface area contributed by atoms with Gasteiger partial charge in [0.2, 0.25) is 0 Å². The van der Waals surface area contributed by atoms with E-state index in [1.807, 2.05) is 13.8 Å². The summed E-state index contributed by atoms with van der Waals surface area (Å²) in [4.78, 5) is 14.6. The van der Waals surface area contributed by atoms with Crippen molar-refractivity contribution >= 4 is 16.8 Å². The number of nitrogens with one attached hydrogen (secondary N) is 1. The summed E-state index contributed by atoms with van der Waals surface area (Å²) in [6, 6.07) is 0.265. The van der Waals surface area contributed by atoms with Gasteiger partial charge in [0.15, 0.2) is 0 Å². The van der Waals surface area contributed by atoms with Gasteiger partial charge < -0.3 is 10.1 Å². The van der Waals surface area contributed by atoms with Crippen molar-refractivity contribution in [2.45, 2.75) is 52.1 Å². The fourth-order valence-electron chi connectivity index (χ4n) is 2.73. The molecule has 0 bridgehead atoms. The van der Waals surface area contributed by atoms with Crippen LogP contribution < -0.4 is 5.32 Å². The second-order valence-corrected chi connectivity index (χ2v) is 7.61. The zero-order valence-corrected chi connectivity index (χ0v) is 14.6. The van der Waals surface area contributed by atoms with Crippen molar-refractivity contribution in [3.8, 4) is 0 Å². The molecule has 6 heteroatoms. The minimum Gasteiger partial charge on any atom is -0.465 e. The molecule has 0 aromatic rings. The van der Waals surface area contributed by atoms with Gasteiger partial charge in [0.1, 0.15) is 5.54 Å². The van der Waals surface area contributed by atoms with Crippen LogP contribution in [0.15, 0.2) is 0 Å². The third-order valence-corrected chi connectivity index (χ3v) is 5.31. The third-order valence-electron chi connectivity index (χ3n) is 4.03. The predicted molar refractivity (Wildman–Crippen MR) is 86.9 cm³/mol. The third kappa shape index (κ3) is 5.68. The van der Waals surface area contributed by atoms with E-state index in [4.69, 9.17) is 4.74 Å². The van der Waals surface area contributed by atoms with E-state index in [1.165, 1.54) is 0 Å². The Bertz CT molecular complexity index is 355. The molecule has 0 saturated carbocycles. The van der Waals surface area contributed by atoms with Gasteiger partial charge in [-0.3, -0.25) is 13.9 Å². The molecule has 21 heavy (non-hydrogen) atoms. The van der Waals surface area contributed by atoms with Gasteiger partial charge in [-0.2, -0.15) is 0 Å². The van der Waals surface area contributed by atoms with Gasteiger partial charge in [-0.05, 0) is 40.2 Å². The highest BCUT2D eigenvalue weighted by molar-refractivity contribution is 7.85. The van der Waals surface area contributed by atoms with E-state index in [1.54, 1.807) is 0 Å². The maximum absolute atomic E-state index is 12.3. The number of hydrogen-bond acceptors (Lipinski definition) is 5.